The highest BCUT2D eigenvalue weighted by molar-refractivity contribution is 6.37. The van der Waals surface area contributed by atoms with Crippen molar-refractivity contribution in [1.29, 1.82) is 0 Å². The van der Waals surface area contributed by atoms with Crippen LogP contribution in [-0.4, -0.2) is 23.9 Å². The number of benzene rings is 2. The Morgan fingerprint density at radius 2 is 1.79 bits per heavy atom. The number of hydrogen-bond donors (Lipinski definition) is 1. The number of rotatable bonds is 5. The van der Waals surface area contributed by atoms with Gasteiger partial charge in [-0.25, -0.2) is 0 Å². The molecule has 0 saturated heterocycles. The van der Waals surface area contributed by atoms with Gasteiger partial charge in [0.1, 0.15) is 0 Å². The lowest BCUT2D eigenvalue weighted by molar-refractivity contribution is -0.384. The summed E-state index contributed by atoms with van der Waals surface area (Å²) in [6.45, 7) is 0.476. The molecule has 0 unspecified atom stereocenters. The van der Waals surface area contributed by atoms with E-state index in [0.29, 0.717) is 10.7 Å². The Morgan fingerprint density at radius 3 is 2.29 bits per heavy atom. The average molecular weight is 391 g/mol. The van der Waals surface area contributed by atoms with Crippen LogP contribution in [0.25, 0.3) is 0 Å². The van der Waals surface area contributed by atoms with Gasteiger partial charge in [0.15, 0.2) is 0 Å². The Bertz CT molecular complexity index is 738. The Balaban J connectivity index is 0.00000288. The molecular formula is C15H14Cl3N3O3. The number of nitrogens with two attached hydrogens (primary N) is 1. The van der Waals surface area contributed by atoms with Gasteiger partial charge in [-0.1, -0.05) is 23.2 Å². The van der Waals surface area contributed by atoms with Crippen molar-refractivity contribution in [3.05, 3.63) is 68.2 Å². The smallest absolute Gasteiger partial charge is 0.269 e. The average Bonchev–Trinajstić information content (AvgIpc) is 2.52. The number of nitro groups is 1. The molecule has 128 valence electrons. The predicted octanol–water partition coefficient (Wildman–Crippen LogP) is 3.93. The molecule has 0 saturated carbocycles. The topological polar surface area (TPSA) is 89.5 Å². The lowest BCUT2D eigenvalue weighted by atomic mass is 10.1. The Labute approximate surface area is 154 Å². The molecule has 0 spiro atoms. The van der Waals surface area contributed by atoms with Crippen LogP contribution in [0, 0.1) is 10.1 Å². The monoisotopic (exact) mass is 389 g/mol. The van der Waals surface area contributed by atoms with Gasteiger partial charge in [-0.05, 0) is 30.3 Å². The van der Waals surface area contributed by atoms with Crippen LogP contribution >= 0.6 is 35.6 Å². The highest BCUT2D eigenvalue weighted by Crippen LogP contribution is 2.25. The van der Waals surface area contributed by atoms with Gasteiger partial charge in [-0.15, -0.1) is 12.4 Å². The van der Waals surface area contributed by atoms with E-state index in [9.17, 15) is 14.9 Å². The first-order valence-electron chi connectivity index (χ1n) is 6.65. The zero-order valence-corrected chi connectivity index (χ0v) is 14.6. The van der Waals surface area contributed by atoms with Gasteiger partial charge in [0.05, 0.1) is 15.5 Å². The molecule has 2 aromatic rings. The summed E-state index contributed by atoms with van der Waals surface area (Å²) in [7, 11) is 0. The molecular weight excluding hydrogens is 377 g/mol. The van der Waals surface area contributed by atoms with Gasteiger partial charge >= 0.3 is 0 Å². The summed E-state index contributed by atoms with van der Waals surface area (Å²) in [5.41, 5.74) is 6.29. The second-order valence-corrected chi connectivity index (χ2v) is 5.49. The minimum atomic E-state index is -0.505. The third kappa shape index (κ3) is 4.58. The van der Waals surface area contributed by atoms with Crippen molar-refractivity contribution in [3.63, 3.8) is 0 Å². The Morgan fingerprint density at radius 1 is 1.17 bits per heavy atom. The van der Waals surface area contributed by atoms with E-state index in [2.05, 4.69) is 0 Å². The Hall–Kier alpha value is -1.86. The van der Waals surface area contributed by atoms with Crippen LogP contribution in [0.15, 0.2) is 42.5 Å². The maximum Gasteiger partial charge on any atom is 0.269 e. The zero-order chi connectivity index (χ0) is 17.0. The highest BCUT2D eigenvalue weighted by Gasteiger charge is 2.20. The van der Waals surface area contributed by atoms with E-state index >= 15 is 0 Å². The van der Waals surface area contributed by atoms with Gasteiger partial charge in [0, 0.05) is 35.9 Å². The summed E-state index contributed by atoms with van der Waals surface area (Å²) in [6, 6.07) is 10.2. The van der Waals surface area contributed by atoms with Crippen LogP contribution in [0.2, 0.25) is 10.0 Å². The number of amides is 1. The fourth-order valence-corrected chi connectivity index (χ4v) is 2.53. The molecule has 1 amide bonds. The first kappa shape index (κ1) is 20.2. The number of carbonyl (C=O) groups is 1. The molecule has 2 aromatic carbocycles. The summed E-state index contributed by atoms with van der Waals surface area (Å²) in [6.07, 6.45) is 0. The number of halogens is 3. The minimum Gasteiger partial charge on any atom is -0.329 e. The van der Waals surface area contributed by atoms with Crippen LogP contribution in [-0.2, 0) is 0 Å². The van der Waals surface area contributed by atoms with Crippen molar-refractivity contribution >= 4 is 52.9 Å². The molecule has 0 aliphatic carbocycles. The van der Waals surface area contributed by atoms with E-state index in [-0.39, 0.29) is 47.7 Å². The zero-order valence-electron chi connectivity index (χ0n) is 12.3. The lowest BCUT2D eigenvalue weighted by Gasteiger charge is -2.22. The second-order valence-electron chi connectivity index (χ2n) is 4.64. The minimum absolute atomic E-state index is 0. The summed E-state index contributed by atoms with van der Waals surface area (Å²) < 4.78 is 0. The third-order valence-electron chi connectivity index (χ3n) is 3.13. The maximum atomic E-state index is 12.7. The molecule has 0 aliphatic rings. The first-order valence-corrected chi connectivity index (χ1v) is 7.41. The number of anilines is 1. The van der Waals surface area contributed by atoms with Crippen LogP contribution in [0.5, 0.6) is 0 Å². The van der Waals surface area contributed by atoms with E-state index in [1.165, 1.54) is 41.3 Å². The van der Waals surface area contributed by atoms with Crippen molar-refractivity contribution in [2.45, 2.75) is 0 Å². The van der Waals surface area contributed by atoms with E-state index < -0.39 is 4.92 Å². The molecule has 2 N–H and O–H groups in total. The van der Waals surface area contributed by atoms with Gasteiger partial charge in [-0.3, -0.25) is 14.9 Å². The number of hydrogen-bond acceptors (Lipinski definition) is 4. The molecule has 0 aromatic heterocycles. The standard InChI is InChI=1S/C15H13Cl2N3O3.ClH/c16-10-1-6-13(14(17)9-10)15(21)19(8-7-18)11-2-4-12(5-3-11)20(22)23;/h1-6,9H,7-8,18H2;1H. The summed E-state index contributed by atoms with van der Waals surface area (Å²) in [5.74, 6) is -0.356. The molecule has 0 atom stereocenters. The van der Waals surface area contributed by atoms with Crippen LogP contribution in [0.3, 0.4) is 0 Å². The molecule has 24 heavy (non-hydrogen) atoms. The third-order valence-corrected chi connectivity index (χ3v) is 3.68. The molecule has 0 radical (unpaired) electrons. The van der Waals surface area contributed by atoms with Crippen LogP contribution < -0.4 is 10.6 Å². The largest absolute Gasteiger partial charge is 0.329 e. The van der Waals surface area contributed by atoms with E-state index in [1.54, 1.807) is 6.07 Å². The quantitative estimate of drug-likeness (QED) is 0.618. The predicted molar refractivity (Wildman–Crippen MR) is 97.5 cm³/mol. The molecule has 0 heterocycles. The van der Waals surface area contributed by atoms with Crippen LogP contribution in [0.1, 0.15) is 10.4 Å². The van der Waals surface area contributed by atoms with E-state index in [4.69, 9.17) is 28.9 Å². The van der Waals surface area contributed by atoms with E-state index in [1.807, 2.05) is 0 Å². The molecule has 0 bridgehead atoms. The van der Waals surface area contributed by atoms with Crippen molar-refractivity contribution < 1.29 is 9.72 Å². The molecule has 0 aliphatic heterocycles. The van der Waals surface area contributed by atoms with Gasteiger partial charge < -0.3 is 10.6 Å². The van der Waals surface area contributed by atoms with Gasteiger partial charge in [-0.2, -0.15) is 0 Å². The van der Waals surface area contributed by atoms with Crippen molar-refractivity contribution in [2.75, 3.05) is 18.0 Å². The maximum absolute atomic E-state index is 12.7. The van der Waals surface area contributed by atoms with Crippen LogP contribution in [0.4, 0.5) is 11.4 Å². The SMILES string of the molecule is Cl.NCCN(C(=O)c1ccc(Cl)cc1Cl)c1ccc([N+](=O)[O-])cc1. The molecule has 6 nitrogen and oxygen atoms in total. The highest BCUT2D eigenvalue weighted by atomic mass is 35.5. The first-order chi connectivity index (χ1) is 10.9. The van der Waals surface area contributed by atoms with Crippen molar-refractivity contribution in [3.8, 4) is 0 Å². The Kier molecular flexibility index (Phi) is 7.44. The fourth-order valence-electron chi connectivity index (χ4n) is 2.04. The van der Waals surface area contributed by atoms with E-state index in [0.717, 1.165) is 0 Å². The fraction of sp³-hybridized carbons (Fsp3) is 0.133. The summed E-state index contributed by atoms with van der Waals surface area (Å²) >= 11 is 11.9. The summed E-state index contributed by atoms with van der Waals surface area (Å²) in [4.78, 5) is 24.3. The van der Waals surface area contributed by atoms with Gasteiger partial charge in [0.2, 0.25) is 0 Å². The second kappa shape index (κ2) is 8.84. The lowest BCUT2D eigenvalue weighted by Crippen LogP contribution is -2.35. The van der Waals surface area contributed by atoms with Crippen molar-refractivity contribution in [2.24, 2.45) is 5.73 Å². The molecule has 9 heteroatoms. The summed E-state index contributed by atoms with van der Waals surface area (Å²) in [5, 5.41) is 11.4. The van der Waals surface area contributed by atoms with Crippen molar-refractivity contribution in [1.82, 2.24) is 0 Å². The molecule has 0 fully saturated rings. The number of nitro benzene ring substituents is 1. The number of nitrogens with zero attached hydrogens (tertiary/aromatic N) is 2. The normalized spacial score (nSPS) is 9.96. The number of carbonyl (C=O) groups excluding carboxylic acids is 1. The molecule has 2 rings (SSSR count). The number of non-ortho nitro benzene ring substituents is 1. The van der Waals surface area contributed by atoms with Gasteiger partial charge in [0.25, 0.3) is 11.6 Å².